The van der Waals surface area contributed by atoms with Gasteiger partial charge in [-0.2, -0.15) is 0 Å². The van der Waals surface area contributed by atoms with Gasteiger partial charge in [-0.25, -0.2) is 13.5 Å². The van der Waals surface area contributed by atoms with E-state index in [2.05, 4.69) is 4.72 Å². The summed E-state index contributed by atoms with van der Waals surface area (Å²) in [5.41, 5.74) is 2.24. The van der Waals surface area contributed by atoms with Crippen LogP contribution >= 0.6 is 0 Å². The number of sulfonamides is 1. The number of anilines is 1. The Hall–Kier alpha value is -2.38. The van der Waals surface area contributed by atoms with Gasteiger partial charge in [0.05, 0.1) is 17.7 Å². The molecule has 0 unspecified atom stereocenters. The van der Waals surface area contributed by atoms with Crippen molar-refractivity contribution in [3.05, 3.63) is 59.2 Å². The van der Waals surface area contributed by atoms with Crippen LogP contribution < -0.4 is 4.72 Å². The summed E-state index contributed by atoms with van der Waals surface area (Å²) in [6.07, 6.45) is 0. The van der Waals surface area contributed by atoms with Crippen LogP contribution in [0.2, 0.25) is 0 Å². The molecule has 0 atom stereocenters. The predicted octanol–water partition coefficient (Wildman–Crippen LogP) is 2.74. The van der Waals surface area contributed by atoms with E-state index in [9.17, 15) is 13.2 Å². The molecule has 1 N–H and O–H groups in total. The van der Waals surface area contributed by atoms with Crippen LogP contribution in [0.3, 0.4) is 0 Å². The molecule has 2 aromatic carbocycles. The van der Waals surface area contributed by atoms with Crippen LogP contribution in [0.4, 0.5) is 5.69 Å². The fraction of sp³-hybridized carbons (Fsp3) is 0.235. The monoisotopic (exact) mass is 348 g/mol. The first-order chi connectivity index (χ1) is 11.3. The van der Waals surface area contributed by atoms with Crippen LogP contribution in [0.1, 0.15) is 21.5 Å². The molecule has 2 aromatic rings. The summed E-state index contributed by atoms with van der Waals surface area (Å²) < 4.78 is 27.8. The number of nitrogens with zero attached hydrogens (tertiary/aromatic N) is 1. The minimum Gasteiger partial charge on any atom is -0.279 e. The molecule has 0 heterocycles. The van der Waals surface area contributed by atoms with Gasteiger partial charge in [0.2, 0.25) is 0 Å². The molecule has 0 fully saturated rings. The number of hydroxylamine groups is 2. The molecule has 0 saturated carbocycles. The number of rotatable bonds is 5. The molecule has 0 spiro atoms. The molecule has 2 rings (SSSR count). The van der Waals surface area contributed by atoms with Gasteiger partial charge in [0, 0.05) is 12.6 Å². The second-order valence-corrected chi connectivity index (χ2v) is 7.06. The molecule has 0 bridgehead atoms. The Balaban J connectivity index is 2.41. The van der Waals surface area contributed by atoms with Crippen molar-refractivity contribution < 1.29 is 18.0 Å². The van der Waals surface area contributed by atoms with E-state index in [0.717, 1.165) is 10.6 Å². The van der Waals surface area contributed by atoms with Gasteiger partial charge in [0.25, 0.3) is 15.9 Å². The quantitative estimate of drug-likeness (QED) is 0.843. The van der Waals surface area contributed by atoms with Crippen LogP contribution in [0.25, 0.3) is 0 Å². The molecule has 6 nitrogen and oxygen atoms in total. The average Bonchev–Trinajstić information content (AvgIpc) is 2.55. The number of hydrogen-bond donors (Lipinski definition) is 1. The fourth-order valence-electron chi connectivity index (χ4n) is 2.14. The van der Waals surface area contributed by atoms with Gasteiger partial charge in [-0.3, -0.25) is 14.4 Å². The van der Waals surface area contributed by atoms with Crippen molar-refractivity contribution in [3.63, 3.8) is 0 Å². The number of aryl methyl sites for hydroxylation is 2. The normalized spacial score (nSPS) is 11.2. The average molecular weight is 348 g/mol. The molecule has 0 aliphatic rings. The highest BCUT2D eigenvalue weighted by molar-refractivity contribution is 7.92. The Bertz CT molecular complexity index is 863. The minimum absolute atomic E-state index is 0.0178. The van der Waals surface area contributed by atoms with E-state index in [-0.39, 0.29) is 10.5 Å². The van der Waals surface area contributed by atoms with Gasteiger partial charge in [0.1, 0.15) is 0 Å². The van der Waals surface area contributed by atoms with Gasteiger partial charge in [-0.1, -0.05) is 24.3 Å². The lowest BCUT2D eigenvalue weighted by molar-refractivity contribution is -0.0757. The zero-order valence-corrected chi connectivity index (χ0v) is 14.8. The van der Waals surface area contributed by atoms with Crippen molar-refractivity contribution in [1.29, 1.82) is 0 Å². The Morgan fingerprint density at radius 1 is 1.08 bits per heavy atom. The summed E-state index contributed by atoms with van der Waals surface area (Å²) in [6, 6.07) is 11.5. The molecule has 0 aliphatic carbocycles. The van der Waals surface area contributed by atoms with Crippen molar-refractivity contribution in [2.24, 2.45) is 0 Å². The molecule has 7 heteroatoms. The second-order valence-electron chi connectivity index (χ2n) is 5.38. The van der Waals surface area contributed by atoms with Crippen molar-refractivity contribution in [1.82, 2.24) is 5.06 Å². The van der Waals surface area contributed by atoms with E-state index in [1.54, 1.807) is 25.1 Å². The lowest BCUT2D eigenvalue weighted by Gasteiger charge is -2.16. The summed E-state index contributed by atoms with van der Waals surface area (Å²) in [4.78, 5) is 17.2. The Morgan fingerprint density at radius 3 is 2.38 bits per heavy atom. The van der Waals surface area contributed by atoms with Crippen molar-refractivity contribution in [2.75, 3.05) is 18.9 Å². The number of carbonyl (C=O) groups is 1. The Morgan fingerprint density at radius 2 is 1.75 bits per heavy atom. The first-order valence-corrected chi connectivity index (χ1v) is 8.76. The summed E-state index contributed by atoms with van der Waals surface area (Å²) >= 11 is 0. The number of hydrogen-bond acceptors (Lipinski definition) is 4. The first kappa shape index (κ1) is 18.0. The zero-order valence-electron chi connectivity index (χ0n) is 14.0. The van der Waals surface area contributed by atoms with E-state index in [1.807, 2.05) is 19.1 Å². The van der Waals surface area contributed by atoms with E-state index in [4.69, 9.17) is 4.84 Å². The number of nitrogens with one attached hydrogen (secondary N) is 1. The maximum absolute atomic E-state index is 12.6. The molecule has 1 amide bonds. The maximum Gasteiger partial charge on any atom is 0.277 e. The van der Waals surface area contributed by atoms with Gasteiger partial charge >= 0.3 is 0 Å². The lowest BCUT2D eigenvalue weighted by atomic mass is 10.1. The molecular weight excluding hydrogens is 328 g/mol. The van der Waals surface area contributed by atoms with Crippen molar-refractivity contribution in [2.45, 2.75) is 18.7 Å². The number of carbonyl (C=O) groups excluding carboxylic acids is 1. The van der Waals surface area contributed by atoms with Gasteiger partial charge in [0.15, 0.2) is 0 Å². The lowest BCUT2D eigenvalue weighted by Crippen LogP contribution is -2.26. The maximum atomic E-state index is 12.6. The topological polar surface area (TPSA) is 75.7 Å². The van der Waals surface area contributed by atoms with E-state index in [0.29, 0.717) is 11.3 Å². The molecule has 0 saturated heterocycles. The summed E-state index contributed by atoms with van der Waals surface area (Å²) in [6.45, 7) is 3.55. The van der Waals surface area contributed by atoms with Crippen LogP contribution in [-0.4, -0.2) is 33.5 Å². The molecule has 0 aromatic heterocycles. The third kappa shape index (κ3) is 3.74. The molecular formula is C17H20N2O4S. The largest absolute Gasteiger partial charge is 0.279 e. The van der Waals surface area contributed by atoms with E-state index >= 15 is 0 Å². The number of amides is 1. The van der Waals surface area contributed by atoms with Crippen molar-refractivity contribution in [3.8, 4) is 0 Å². The Labute approximate surface area is 142 Å². The highest BCUT2D eigenvalue weighted by Crippen LogP contribution is 2.22. The highest BCUT2D eigenvalue weighted by Gasteiger charge is 2.20. The van der Waals surface area contributed by atoms with Gasteiger partial charge in [-0.15, -0.1) is 0 Å². The molecule has 128 valence electrons. The van der Waals surface area contributed by atoms with E-state index < -0.39 is 15.9 Å². The molecule has 0 aliphatic heterocycles. The first-order valence-electron chi connectivity index (χ1n) is 7.27. The van der Waals surface area contributed by atoms with E-state index in [1.165, 1.54) is 26.3 Å². The number of para-hydroxylation sites is 1. The summed E-state index contributed by atoms with van der Waals surface area (Å²) in [5, 5.41) is 1.05. The number of benzene rings is 2. The SMILES string of the molecule is CON(C)C(=O)c1cc(S(=O)(=O)Nc2ccccc2C)ccc1C. The molecule has 0 radical (unpaired) electrons. The summed E-state index contributed by atoms with van der Waals surface area (Å²) in [7, 11) is -0.967. The molecule has 24 heavy (non-hydrogen) atoms. The van der Waals surface area contributed by atoms with Crippen LogP contribution in [-0.2, 0) is 14.9 Å². The van der Waals surface area contributed by atoms with Crippen LogP contribution in [0.5, 0.6) is 0 Å². The highest BCUT2D eigenvalue weighted by atomic mass is 32.2. The van der Waals surface area contributed by atoms with Gasteiger partial charge < -0.3 is 0 Å². The van der Waals surface area contributed by atoms with Crippen LogP contribution in [0.15, 0.2) is 47.4 Å². The smallest absolute Gasteiger partial charge is 0.277 e. The third-order valence-corrected chi connectivity index (χ3v) is 5.06. The summed E-state index contributed by atoms with van der Waals surface area (Å²) in [5.74, 6) is -0.414. The second kappa shape index (κ2) is 7.02. The Kier molecular flexibility index (Phi) is 5.26. The predicted molar refractivity (Wildman–Crippen MR) is 92.3 cm³/mol. The standard InChI is InChI=1S/C17H20N2O4S/c1-12-9-10-14(11-15(12)17(20)19(3)23-4)24(21,22)18-16-8-6-5-7-13(16)2/h5-11,18H,1-4H3. The fourth-order valence-corrected chi connectivity index (χ4v) is 3.30. The van der Waals surface area contributed by atoms with Crippen molar-refractivity contribution >= 4 is 21.6 Å². The zero-order chi connectivity index (χ0) is 17.9. The van der Waals surface area contributed by atoms with Crippen LogP contribution in [0, 0.1) is 13.8 Å². The minimum atomic E-state index is -3.80. The third-order valence-electron chi connectivity index (χ3n) is 3.70. The van der Waals surface area contributed by atoms with Gasteiger partial charge in [-0.05, 0) is 43.2 Å².